The van der Waals surface area contributed by atoms with Crippen molar-refractivity contribution in [3.05, 3.63) is 74.8 Å². The van der Waals surface area contributed by atoms with E-state index in [0.29, 0.717) is 29.8 Å². The van der Waals surface area contributed by atoms with Crippen LogP contribution in [0.3, 0.4) is 0 Å². The molecule has 0 saturated carbocycles. The summed E-state index contributed by atoms with van der Waals surface area (Å²) in [6, 6.07) is 8.55. The fraction of sp³-hybridized carbons (Fsp3) is 0.320. The number of rotatable bonds is 4. The van der Waals surface area contributed by atoms with Crippen molar-refractivity contribution in [3.63, 3.8) is 0 Å². The number of halogens is 7. The van der Waals surface area contributed by atoms with Crippen LogP contribution >= 0.6 is 11.6 Å². The van der Waals surface area contributed by atoms with Crippen molar-refractivity contribution in [2.24, 2.45) is 4.99 Å². The number of hydrogen-bond donors (Lipinski definition) is 0. The molecular weight excluding hydrogens is 524 g/mol. The van der Waals surface area contributed by atoms with Crippen LogP contribution in [-0.4, -0.2) is 48.4 Å². The summed E-state index contributed by atoms with van der Waals surface area (Å²) in [6.45, 7) is 1.32. The Hall–Kier alpha value is -3.52. The minimum atomic E-state index is -4.71. The molecule has 4 rings (SSSR count). The Kier molecular flexibility index (Phi) is 6.99. The molecule has 0 radical (unpaired) electrons. The second-order valence-electron chi connectivity index (χ2n) is 8.51. The van der Waals surface area contributed by atoms with Crippen LogP contribution in [0.15, 0.2) is 52.5 Å². The highest BCUT2D eigenvalue weighted by atomic mass is 35.5. The molecule has 0 saturated heterocycles. The van der Waals surface area contributed by atoms with E-state index in [1.807, 2.05) is 0 Å². The number of hydrogen-bond acceptors (Lipinski definition) is 4. The van der Waals surface area contributed by atoms with Gasteiger partial charge in [-0.05, 0) is 48.8 Å². The quantitative estimate of drug-likeness (QED) is 0.433. The van der Waals surface area contributed by atoms with Gasteiger partial charge in [0.25, 0.3) is 5.91 Å². The number of benzene rings is 2. The van der Waals surface area contributed by atoms with Crippen LogP contribution in [0.1, 0.15) is 40.4 Å². The van der Waals surface area contributed by atoms with Crippen molar-refractivity contribution >= 4 is 23.2 Å². The molecule has 12 heteroatoms. The van der Waals surface area contributed by atoms with E-state index >= 15 is 0 Å². The zero-order valence-corrected chi connectivity index (χ0v) is 19.9. The Morgan fingerprint density at radius 2 is 1.81 bits per heavy atom. The van der Waals surface area contributed by atoms with Gasteiger partial charge >= 0.3 is 12.4 Å². The molecular formula is C25H18ClF6N3O2. The van der Waals surface area contributed by atoms with E-state index in [2.05, 4.69) is 4.99 Å². The summed E-state index contributed by atoms with van der Waals surface area (Å²) >= 11 is 6.25. The number of aliphatic imine (C=N–C) groups is 1. The molecule has 0 unspecified atom stereocenters. The molecule has 2 aromatic carbocycles. The summed E-state index contributed by atoms with van der Waals surface area (Å²) < 4.78 is 83.2. The molecule has 5 nitrogen and oxygen atoms in total. The topological polar surface area (TPSA) is 65.7 Å². The Labute approximate surface area is 212 Å². The molecule has 0 bridgehead atoms. The largest absolute Gasteiger partial charge is 0.480 e. The summed E-state index contributed by atoms with van der Waals surface area (Å²) in [4.78, 5) is 19.3. The van der Waals surface area contributed by atoms with Crippen molar-refractivity contribution in [3.8, 4) is 11.8 Å². The van der Waals surface area contributed by atoms with Crippen molar-refractivity contribution < 1.29 is 35.9 Å². The maximum absolute atomic E-state index is 13.5. The zero-order valence-electron chi connectivity index (χ0n) is 19.2. The molecule has 2 heterocycles. The molecule has 0 fully saturated rings. The lowest BCUT2D eigenvalue weighted by atomic mass is 9.94. The summed E-state index contributed by atoms with van der Waals surface area (Å²) in [5, 5.41) is 8.99. The van der Waals surface area contributed by atoms with E-state index in [1.54, 1.807) is 6.07 Å². The predicted molar refractivity (Wildman–Crippen MR) is 123 cm³/mol. The number of amides is 1. The third-order valence-electron chi connectivity index (χ3n) is 6.15. The van der Waals surface area contributed by atoms with Crippen molar-refractivity contribution in [1.82, 2.24) is 4.90 Å². The number of nitrogens with zero attached hydrogens (tertiary/aromatic N) is 3. The first-order chi connectivity index (χ1) is 17.3. The lowest BCUT2D eigenvalue weighted by molar-refractivity contribution is -0.189. The van der Waals surface area contributed by atoms with Gasteiger partial charge in [0, 0.05) is 18.7 Å². The number of carbonyl (C=O) groups excluding carboxylic acids is 1. The van der Waals surface area contributed by atoms with Crippen LogP contribution in [0.25, 0.3) is 0 Å². The van der Waals surface area contributed by atoms with Gasteiger partial charge in [-0.25, -0.2) is 0 Å². The van der Waals surface area contributed by atoms with E-state index in [0.717, 1.165) is 30.7 Å². The first-order valence-corrected chi connectivity index (χ1v) is 11.4. The Balaban J connectivity index is 1.63. The van der Waals surface area contributed by atoms with Crippen molar-refractivity contribution in [1.29, 1.82) is 5.26 Å². The van der Waals surface area contributed by atoms with Crippen molar-refractivity contribution in [2.45, 2.75) is 31.8 Å². The SMILES string of the molecule is C[C@H](Oc1ccc(C#N)c(Cl)c1C(=O)N1CCC2=C(C1)C(c1ccc(C(F)(F)F)cc1)=NC2)C(F)(F)F. The average Bonchev–Trinajstić information content (AvgIpc) is 3.26. The minimum absolute atomic E-state index is 0.00932. The second-order valence-corrected chi connectivity index (χ2v) is 8.89. The molecule has 0 aliphatic carbocycles. The van der Waals surface area contributed by atoms with E-state index in [9.17, 15) is 36.4 Å². The smallest absolute Gasteiger partial charge is 0.425 e. The highest BCUT2D eigenvalue weighted by Crippen LogP contribution is 2.36. The molecule has 1 amide bonds. The molecule has 2 aromatic rings. The van der Waals surface area contributed by atoms with Gasteiger partial charge in [0.15, 0.2) is 6.10 Å². The second kappa shape index (κ2) is 9.74. The average molecular weight is 542 g/mol. The number of nitriles is 1. The maximum Gasteiger partial charge on any atom is 0.425 e. The fourth-order valence-electron chi connectivity index (χ4n) is 4.10. The highest BCUT2D eigenvalue weighted by molar-refractivity contribution is 6.35. The first kappa shape index (κ1) is 26.5. The monoisotopic (exact) mass is 541 g/mol. The third kappa shape index (κ3) is 5.30. The number of carbonyl (C=O) groups is 1. The van der Waals surface area contributed by atoms with Gasteiger partial charge in [0.2, 0.25) is 0 Å². The van der Waals surface area contributed by atoms with Gasteiger partial charge in [-0.15, -0.1) is 0 Å². The van der Waals surface area contributed by atoms with Crippen LogP contribution in [0.4, 0.5) is 26.3 Å². The van der Waals surface area contributed by atoms with Crippen molar-refractivity contribution in [2.75, 3.05) is 19.6 Å². The summed E-state index contributed by atoms with van der Waals surface area (Å²) in [5.41, 5.74) is 1.17. The van der Waals surface area contributed by atoms with Gasteiger partial charge < -0.3 is 9.64 Å². The summed E-state index contributed by atoms with van der Waals surface area (Å²) in [6.07, 6.45) is -11.0. The standard InChI is InChI=1S/C25H18ClF6N3O2/c1-13(24(27,28)29)37-19-7-4-15(10-33)21(26)20(19)23(36)35-9-8-16-11-34-22(18(16)12-35)14-2-5-17(6-3-14)25(30,31)32/h2-7,13H,8-9,11-12H2,1H3/t13-/m0/s1. The lowest BCUT2D eigenvalue weighted by Crippen LogP contribution is -2.39. The Morgan fingerprint density at radius 3 is 2.41 bits per heavy atom. The number of alkyl halides is 6. The molecule has 0 N–H and O–H groups in total. The molecule has 2 aliphatic heterocycles. The van der Waals surface area contributed by atoms with Crippen LogP contribution < -0.4 is 4.74 Å². The molecule has 1 atom stereocenters. The molecule has 0 aromatic heterocycles. The van der Waals surface area contributed by atoms with E-state index < -0.39 is 35.7 Å². The third-order valence-corrected chi connectivity index (χ3v) is 6.54. The maximum atomic E-state index is 13.5. The molecule has 2 aliphatic rings. The van der Waals surface area contributed by atoms with E-state index in [-0.39, 0.29) is 29.2 Å². The van der Waals surface area contributed by atoms with Crippen LogP contribution in [-0.2, 0) is 6.18 Å². The molecule has 194 valence electrons. The highest BCUT2D eigenvalue weighted by Gasteiger charge is 2.40. The Bertz CT molecular complexity index is 1340. The normalized spacial score (nSPS) is 16.7. The van der Waals surface area contributed by atoms with Gasteiger partial charge in [-0.1, -0.05) is 23.7 Å². The van der Waals surface area contributed by atoms with Gasteiger partial charge in [-0.2, -0.15) is 31.6 Å². The first-order valence-electron chi connectivity index (χ1n) is 11.0. The minimum Gasteiger partial charge on any atom is -0.480 e. The van der Waals surface area contributed by atoms with Crippen LogP contribution in [0.2, 0.25) is 5.02 Å². The van der Waals surface area contributed by atoms with E-state index in [4.69, 9.17) is 16.3 Å². The molecule has 0 spiro atoms. The van der Waals surface area contributed by atoms with Crippen LogP contribution in [0.5, 0.6) is 5.75 Å². The lowest BCUT2D eigenvalue weighted by Gasteiger charge is -2.30. The van der Waals surface area contributed by atoms with Crippen LogP contribution in [0, 0.1) is 11.3 Å². The fourth-order valence-corrected chi connectivity index (χ4v) is 4.38. The predicted octanol–water partition coefficient (Wildman–Crippen LogP) is 6.21. The van der Waals surface area contributed by atoms with Gasteiger partial charge in [0.1, 0.15) is 17.4 Å². The summed E-state index contributed by atoms with van der Waals surface area (Å²) in [5.74, 6) is -1.15. The van der Waals surface area contributed by atoms with E-state index in [1.165, 1.54) is 23.1 Å². The number of ether oxygens (including phenoxy) is 1. The van der Waals surface area contributed by atoms with Gasteiger partial charge in [0.05, 0.1) is 28.4 Å². The van der Waals surface area contributed by atoms with Gasteiger partial charge in [-0.3, -0.25) is 9.79 Å². The Morgan fingerprint density at radius 1 is 1.14 bits per heavy atom. The summed E-state index contributed by atoms with van der Waals surface area (Å²) in [7, 11) is 0. The zero-order chi connectivity index (χ0) is 27.1. The molecule has 37 heavy (non-hydrogen) atoms.